The second kappa shape index (κ2) is 5.73. The van der Waals surface area contributed by atoms with Crippen molar-refractivity contribution in [1.82, 2.24) is 4.90 Å². The molecule has 0 heterocycles. The van der Waals surface area contributed by atoms with Crippen LogP contribution in [0.25, 0.3) is 0 Å². The van der Waals surface area contributed by atoms with E-state index in [2.05, 4.69) is 0 Å². The van der Waals surface area contributed by atoms with E-state index in [1.165, 1.54) is 6.92 Å². The van der Waals surface area contributed by atoms with Gasteiger partial charge in [-0.25, -0.2) is 0 Å². The highest BCUT2D eigenvalue weighted by Crippen LogP contribution is 2.02. The molecule has 3 nitrogen and oxygen atoms in total. The van der Waals surface area contributed by atoms with Gasteiger partial charge in [0.2, 0.25) is 5.91 Å². The third-order valence-electron chi connectivity index (χ3n) is 2.10. The van der Waals surface area contributed by atoms with E-state index in [0.29, 0.717) is 13.0 Å². The fourth-order valence-corrected chi connectivity index (χ4v) is 0.937. The summed E-state index contributed by atoms with van der Waals surface area (Å²) in [4.78, 5) is 23.6. The van der Waals surface area contributed by atoms with E-state index in [-0.39, 0.29) is 17.6 Å². The quantitative estimate of drug-likeness (QED) is 0.650. The van der Waals surface area contributed by atoms with Crippen LogP contribution in [0.2, 0.25) is 0 Å². The SMILES string of the molecule is CC(=O)N(C)CCCC(=O)C(C)C. The summed E-state index contributed by atoms with van der Waals surface area (Å²) >= 11 is 0. The van der Waals surface area contributed by atoms with Crippen LogP contribution in [0.3, 0.4) is 0 Å². The summed E-state index contributed by atoms with van der Waals surface area (Å²) < 4.78 is 0. The zero-order chi connectivity index (χ0) is 10.4. The Balaban J connectivity index is 3.56. The molecule has 0 atom stereocenters. The molecule has 1 amide bonds. The smallest absolute Gasteiger partial charge is 0.219 e. The van der Waals surface area contributed by atoms with Gasteiger partial charge in [0.05, 0.1) is 0 Å². The molecule has 0 radical (unpaired) electrons. The Bertz CT molecular complexity index is 187. The minimum absolute atomic E-state index is 0.0528. The molecule has 0 fully saturated rings. The second-order valence-electron chi connectivity index (χ2n) is 3.67. The van der Waals surface area contributed by atoms with Crippen LogP contribution in [-0.4, -0.2) is 30.2 Å². The predicted octanol–water partition coefficient (Wildman–Crippen LogP) is 1.47. The Morgan fingerprint density at radius 3 is 2.23 bits per heavy atom. The van der Waals surface area contributed by atoms with Gasteiger partial charge in [0, 0.05) is 32.9 Å². The molecule has 76 valence electrons. The first-order chi connectivity index (χ1) is 5.95. The highest BCUT2D eigenvalue weighted by Gasteiger charge is 2.07. The van der Waals surface area contributed by atoms with Gasteiger partial charge >= 0.3 is 0 Å². The molecule has 13 heavy (non-hydrogen) atoms. The first kappa shape index (κ1) is 12.1. The number of Topliss-reactive ketones (excluding diaryl/α,β-unsaturated/α-hetero) is 1. The molecular weight excluding hydrogens is 166 g/mol. The van der Waals surface area contributed by atoms with Crippen LogP contribution < -0.4 is 0 Å². The fourth-order valence-electron chi connectivity index (χ4n) is 0.937. The lowest BCUT2D eigenvalue weighted by Gasteiger charge is -2.14. The highest BCUT2D eigenvalue weighted by molar-refractivity contribution is 5.80. The number of rotatable bonds is 5. The van der Waals surface area contributed by atoms with Gasteiger partial charge in [-0.05, 0) is 6.42 Å². The standard InChI is InChI=1S/C10H19NO2/c1-8(2)10(13)6-5-7-11(4)9(3)12/h8H,5-7H2,1-4H3. The molecule has 0 spiro atoms. The lowest BCUT2D eigenvalue weighted by molar-refractivity contribution is -0.128. The molecule has 0 aromatic rings. The largest absolute Gasteiger partial charge is 0.346 e. The highest BCUT2D eigenvalue weighted by atomic mass is 16.2. The molecule has 0 aliphatic heterocycles. The van der Waals surface area contributed by atoms with Crippen molar-refractivity contribution in [3.63, 3.8) is 0 Å². The van der Waals surface area contributed by atoms with Crippen molar-refractivity contribution < 1.29 is 9.59 Å². The van der Waals surface area contributed by atoms with Crippen molar-refractivity contribution in [1.29, 1.82) is 0 Å². The molecule has 0 aliphatic rings. The van der Waals surface area contributed by atoms with Crippen LogP contribution in [0.1, 0.15) is 33.6 Å². The Morgan fingerprint density at radius 1 is 1.31 bits per heavy atom. The normalized spacial score (nSPS) is 10.2. The van der Waals surface area contributed by atoms with Gasteiger partial charge in [0.25, 0.3) is 0 Å². The summed E-state index contributed by atoms with van der Waals surface area (Å²) in [6.45, 7) is 6.01. The van der Waals surface area contributed by atoms with Crippen LogP contribution in [0.15, 0.2) is 0 Å². The van der Waals surface area contributed by atoms with Crippen molar-refractivity contribution in [2.45, 2.75) is 33.6 Å². The molecule has 0 aliphatic carbocycles. The first-order valence-corrected chi connectivity index (χ1v) is 4.69. The van der Waals surface area contributed by atoms with E-state index >= 15 is 0 Å². The average Bonchev–Trinajstić information content (AvgIpc) is 2.03. The molecule has 3 heteroatoms. The summed E-state index contributed by atoms with van der Waals surface area (Å²) in [6, 6.07) is 0. The molecule has 0 unspecified atom stereocenters. The van der Waals surface area contributed by atoms with Crippen molar-refractivity contribution in [3.8, 4) is 0 Å². The van der Waals surface area contributed by atoms with Gasteiger partial charge in [-0.1, -0.05) is 13.8 Å². The summed E-state index contributed by atoms with van der Waals surface area (Å²) in [5, 5.41) is 0. The topological polar surface area (TPSA) is 37.4 Å². The van der Waals surface area contributed by atoms with Crippen LogP contribution in [0.5, 0.6) is 0 Å². The first-order valence-electron chi connectivity index (χ1n) is 4.69. The Labute approximate surface area is 80.1 Å². The summed E-state index contributed by atoms with van der Waals surface area (Å²) in [5.41, 5.74) is 0. The average molecular weight is 185 g/mol. The number of nitrogens with zero attached hydrogens (tertiary/aromatic N) is 1. The van der Waals surface area contributed by atoms with E-state index in [4.69, 9.17) is 0 Å². The lowest BCUT2D eigenvalue weighted by Crippen LogP contribution is -2.25. The fraction of sp³-hybridized carbons (Fsp3) is 0.800. The summed E-state index contributed by atoms with van der Waals surface area (Å²) in [5.74, 6) is 0.441. The van der Waals surface area contributed by atoms with E-state index in [1.54, 1.807) is 11.9 Å². The van der Waals surface area contributed by atoms with Crippen LogP contribution in [0.4, 0.5) is 0 Å². The van der Waals surface area contributed by atoms with Gasteiger partial charge in [0.15, 0.2) is 0 Å². The van der Waals surface area contributed by atoms with Crippen LogP contribution in [-0.2, 0) is 9.59 Å². The lowest BCUT2D eigenvalue weighted by atomic mass is 10.0. The molecule has 0 rings (SSSR count). The van der Waals surface area contributed by atoms with Crippen molar-refractivity contribution in [2.24, 2.45) is 5.92 Å². The van der Waals surface area contributed by atoms with Crippen LogP contribution >= 0.6 is 0 Å². The minimum atomic E-state index is 0.0528. The summed E-state index contributed by atoms with van der Waals surface area (Å²) in [6.07, 6.45) is 1.35. The Kier molecular flexibility index (Phi) is 5.35. The van der Waals surface area contributed by atoms with Gasteiger partial charge < -0.3 is 4.90 Å². The number of carbonyl (C=O) groups is 2. The maximum Gasteiger partial charge on any atom is 0.219 e. The third-order valence-corrected chi connectivity index (χ3v) is 2.10. The molecule has 0 N–H and O–H groups in total. The number of amides is 1. The van der Waals surface area contributed by atoms with Gasteiger partial charge in [-0.15, -0.1) is 0 Å². The molecule has 0 aromatic carbocycles. The third kappa shape index (κ3) is 5.39. The number of carbonyl (C=O) groups excluding carboxylic acids is 2. The Hall–Kier alpha value is -0.860. The van der Waals surface area contributed by atoms with Crippen molar-refractivity contribution in [2.75, 3.05) is 13.6 Å². The van der Waals surface area contributed by atoms with Gasteiger partial charge in [0.1, 0.15) is 5.78 Å². The summed E-state index contributed by atoms with van der Waals surface area (Å²) in [7, 11) is 1.75. The maximum absolute atomic E-state index is 11.2. The van der Waals surface area contributed by atoms with Gasteiger partial charge in [-0.3, -0.25) is 9.59 Å². The Morgan fingerprint density at radius 2 is 1.85 bits per heavy atom. The second-order valence-corrected chi connectivity index (χ2v) is 3.67. The molecular formula is C10H19NO2. The number of ketones is 1. The molecule has 0 saturated carbocycles. The maximum atomic E-state index is 11.2. The molecule has 0 saturated heterocycles. The van der Waals surface area contributed by atoms with Crippen molar-refractivity contribution in [3.05, 3.63) is 0 Å². The molecule has 0 bridgehead atoms. The van der Waals surface area contributed by atoms with Gasteiger partial charge in [-0.2, -0.15) is 0 Å². The zero-order valence-electron chi connectivity index (χ0n) is 8.96. The monoisotopic (exact) mass is 185 g/mol. The molecule has 0 aromatic heterocycles. The van der Waals surface area contributed by atoms with Crippen molar-refractivity contribution >= 4 is 11.7 Å². The number of hydrogen-bond donors (Lipinski definition) is 0. The minimum Gasteiger partial charge on any atom is -0.346 e. The zero-order valence-corrected chi connectivity index (χ0v) is 8.96. The van der Waals surface area contributed by atoms with E-state index < -0.39 is 0 Å². The van der Waals surface area contributed by atoms with Crippen LogP contribution in [0, 0.1) is 5.92 Å². The van der Waals surface area contributed by atoms with E-state index in [1.807, 2.05) is 13.8 Å². The van der Waals surface area contributed by atoms with E-state index in [9.17, 15) is 9.59 Å². The number of hydrogen-bond acceptors (Lipinski definition) is 2. The predicted molar refractivity (Wildman–Crippen MR) is 52.4 cm³/mol. The van der Waals surface area contributed by atoms with E-state index in [0.717, 1.165) is 6.42 Å².